The molecule has 0 spiro atoms. The number of nitrogens with one attached hydrogen (secondary N) is 1. The maximum Gasteiger partial charge on any atom is 0.410 e. The van der Waals surface area contributed by atoms with E-state index in [1.165, 1.54) is 0 Å². The fourth-order valence-corrected chi connectivity index (χ4v) is 4.31. The summed E-state index contributed by atoms with van der Waals surface area (Å²) in [6, 6.07) is 7.71. The van der Waals surface area contributed by atoms with Gasteiger partial charge in [0.2, 0.25) is 10.0 Å². The van der Waals surface area contributed by atoms with Crippen molar-refractivity contribution in [3.8, 4) is 0 Å². The Bertz CT molecular complexity index is 757. The van der Waals surface area contributed by atoms with E-state index >= 15 is 0 Å². The van der Waals surface area contributed by atoms with Crippen LogP contribution in [0.15, 0.2) is 24.3 Å². The molecule has 0 unspecified atom stereocenters. The van der Waals surface area contributed by atoms with E-state index in [1.54, 1.807) is 18.7 Å². The smallest absolute Gasteiger partial charge is 0.410 e. The third-order valence-electron chi connectivity index (χ3n) is 4.50. The number of piperidine rings is 1. The number of halogens is 1. The highest BCUT2D eigenvalue weighted by Gasteiger charge is 2.36. The lowest BCUT2D eigenvalue weighted by molar-refractivity contribution is 0.0180. The van der Waals surface area contributed by atoms with Gasteiger partial charge in [0, 0.05) is 28.6 Å². The highest BCUT2D eigenvalue weighted by molar-refractivity contribution is 14.1. The first-order valence-corrected chi connectivity index (χ1v) is 11.8. The molecule has 1 aliphatic rings. The maximum atomic E-state index is 12.5. The second-order valence-electron chi connectivity index (χ2n) is 8.19. The van der Waals surface area contributed by atoms with Crippen molar-refractivity contribution in [1.82, 2.24) is 9.62 Å². The summed E-state index contributed by atoms with van der Waals surface area (Å²) < 4.78 is 34.4. The van der Waals surface area contributed by atoms with Crippen LogP contribution in [0.5, 0.6) is 0 Å². The SMILES string of the molecule is CC(C)S(=O)(=O)N[C@@H]1CN(C(=O)OC(C)(C)C)CC[C@H]1c1ccc(I)cc1. The van der Waals surface area contributed by atoms with Gasteiger partial charge in [-0.3, -0.25) is 0 Å². The summed E-state index contributed by atoms with van der Waals surface area (Å²) in [4.78, 5) is 14.1. The zero-order chi connectivity index (χ0) is 20.4. The van der Waals surface area contributed by atoms with Crippen LogP contribution in [0, 0.1) is 3.57 Å². The molecule has 2 atom stereocenters. The van der Waals surface area contributed by atoms with Crippen molar-refractivity contribution in [3.05, 3.63) is 33.4 Å². The van der Waals surface area contributed by atoms with Gasteiger partial charge in [0.05, 0.1) is 5.25 Å². The normalized spacial score (nSPS) is 21.4. The van der Waals surface area contributed by atoms with Gasteiger partial charge >= 0.3 is 6.09 Å². The van der Waals surface area contributed by atoms with Crippen molar-refractivity contribution >= 4 is 38.7 Å². The molecule has 0 saturated carbocycles. The van der Waals surface area contributed by atoms with E-state index in [1.807, 2.05) is 45.0 Å². The number of carbonyl (C=O) groups excluding carboxylic acids is 1. The summed E-state index contributed by atoms with van der Waals surface area (Å²) in [5.41, 5.74) is 0.493. The monoisotopic (exact) mass is 508 g/mol. The van der Waals surface area contributed by atoms with Gasteiger partial charge < -0.3 is 9.64 Å². The van der Waals surface area contributed by atoms with Gasteiger partial charge in [0.1, 0.15) is 5.60 Å². The van der Waals surface area contributed by atoms with Crippen LogP contribution in [0.25, 0.3) is 0 Å². The summed E-state index contributed by atoms with van der Waals surface area (Å²) in [5, 5.41) is -0.535. The first kappa shape index (κ1) is 22.4. The standard InChI is InChI=1S/C19H29IN2O4S/c1-13(2)27(24,25)21-17-12-22(18(23)26-19(3,4)5)11-10-16(17)14-6-8-15(20)9-7-14/h6-9,13,16-17,21H,10-12H2,1-5H3/t16-,17+/m0/s1. The average molecular weight is 508 g/mol. The molecule has 0 radical (unpaired) electrons. The molecule has 27 heavy (non-hydrogen) atoms. The lowest BCUT2D eigenvalue weighted by atomic mass is 9.86. The first-order chi connectivity index (χ1) is 12.4. The number of sulfonamides is 1. The number of ether oxygens (including phenoxy) is 1. The largest absolute Gasteiger partial charge is 0.444 e. The molecule has 0 aliphatic carbocycles. The van der Waals surface area contributed by atoms with Gasteiger partial charge in [-0.25, -0.2) is 17.9 Å². The number of carbonyl (C=O) groups is 1. The molecular weight excluding hydrogens is 479 g/mol. The Kier molecular flexibility index (Phi) is 7.18. The molecule has 2 rings (SSSR count). The van der Waals surface area contributed by atoms with E-state index in [0.717, 1.165) is 9.13 Å². The quantitative estimate of drug-likeness (QED) is 0.630. The molecule has 152 valence electrons. The number of hydrogen-bond donors (Lipinski definition) is 1. The summed E-state index contributed by atoms with van der Waals surface area (Å²) in [7, 11) is -3.46. The van der Waals surface area contributed by atoms with Crippen LogP contribution in [-0.2, 0) is 14.8 Å². The minimum absolute atomic E-state index is 0.00853. The zero-order valence-corrected chi connectivity index (χ0v) is 19.5. The Morgan fingerprint density at radius 2 is 1.85 bits per heavy atom. The van der Waals surface area contributed by atoms with Crippen LogP contribution in [0.1, 0.15) is 52.5 Å². The number of rotatable bonds is 4. The summed E-state index contributed by atoms with van der Waals surface area (Å²) >= 11 is 2.25. The van der Waals surface area contributed by atoms with E-state index in [9.17, 15) is 13.2 Å². The summed E-state index contributed by atoms with van der Waals surface area (Å²) in [6.45, 7) is 9.59. The number of benzene rings is 1. The molecule has 1 fully saturated rings. The minimum Gasteiger partial charge on any atom is -0.444 e. The van der Waals surface area contributed by atoms with Gasteiger partial charge in [-0.2, -0.15) is 0 Å². The fraction of sp³-hybridized carbons (Fsp3) is 0.632. The van der Waals surface area contributed by atoms with Crippen molar-refractivity contribution in [1.29, 1.82) is 0 Å². The van der Waals surface area contributed by atoms with Crippen LogP contribution >= 0.6 is 22.6 Å². The Balaban J connectivity index is 2.25. The second-order valence-corrected chi connectivity index (χ2v) is 11.7. The van der Waals surface area contributed by atoms with Crippen LogP contribution in [0.3, 0.4) is 0 Å². The van der Waals surface area contributed by atoms with Gasteiger partial charge in [-0.15, -0.1) is 0 Å². The highest BCUT2D eigenvalue weighted by atomic mass is 127. The van der Waals surface area contributed by atoms with Crippen LogP contribution in [0.4, 0.5) is 4.79 Å². The van der Waals surface area contributed by atoms with E-state index < -0.39 is 33.0 Å². The van der Waals surface area contributed by atoms with Crippen molar-refractivity contribution < 1.29 is 17.9 Å². The molecule has 0 bridgehead atoms. The van der Waals surface area contributed by atoms with Gasteiger partial charge in [0.15, 0.2) is 0 Å². The number of hydrogen-bond acceptors (Lipinski definition) is 4. The third kappa shape index (κ3) is 6.32. The molecule has 1 heterocycles. The number of nitrogens with zero attached hydrogens (tertiary/aromatic N) is 1. The summed E-state index contributed by atoms with van der Waals surface area (Å²) in [6.07, 6.45) is 0.266. The Morgan fingerprint density at radius 3 is 2.37 bits per heavy atom. The minimum atomic E-state index is -3.46. The Labute approximate surface area is 176 Å². The maximum absolute atomic E-state index is 12.5. The van der Waals surface area contributed by atoms with Crippen molar-refractivity contribution in [2.75, 3.05) is 13.1 Å². The lowest BCUT2D eigenvalue weighted by Crippen LogP contribution is -2.54. The number of likely N-dealkylation sites (tertiary alicyclic amines) is 1. The molecule has 1 aliphatic heterocycles. The van der Waals surface area contributed by atoms with E-state index in [0.29, 0.717) is 13.0 Å². The molecular formula is C19H29IN2O4S. The van der Waals surface area contributed by atoms with Crippen molar-refractivity contribution in [2.24, 2.45) is 0 Å². The van der Waals surface area contributed by atoms with E-state index in [2.05, 4.69) is 27.3 Å². The molecule has 6 nitrogen and oxygen atoms in total. The highest BCUT2D eigenvalue weighted by Crippen LogP contribution is 2.30. The van der Waals surface area contributed by atoms with Crippen LogP contribution in [0.2, 0.25) is 0 Å². The van der Waals surface area contributed by atoms with Crippen molar-refractivity contribution in [2.45, 2.75) is 63.9 Å². The third-order valence-corrected chi connectivity index (χ3v) is 7.09. The summed E-state index contributed by atoms with van der Waals surface area (Å²) in [5.74, 6) is 0.00853. The second kappa shape index (κ2) is 8.65. The fourth-order valence-electron chi connectivity index (χ4n) is 3.02. The zero-order valence-electron chi connectivity index (χ0n) is 16.5. The Morgan fingerprint density at radius 1 is 1.26 bits per heavy atom. The Hall–Kier alpha value is -0.870. The van der Waals surface area contributed by atoms with Crippen LogP contribution < -0.4 is 4.72 Å². The molecule has 1 aromatic carbocycles. The van der Waals surface area contributed by atoms with Crippen LogP contribution in [-0.4, -0.2) is 49.4 Å². The van der Waals surface area contributed by atoms with Crippen molar-refractivity contribution in [3.63, 3.8) is 0 Å². The first-order valence-electron chi connectivity index (χ1n) is 9.13. The molecule has 8 heteroatoms. The topological polar surface area (TPSA) is 75.7 Å². The van der Waals surface area contributed by atoms with E-state index in [4.69, 9.17) is 4.74 Å². The molecule has 1 aromatic rings. The van der Waals surface area contributed by atoms with Gasteiger partial charge in [-0.05, 0) is 81.3 Å². The molecule has 0 aromatic heterocycles. The molecule has 1 amide bonds. The molecule has 1 N–H and O–H groups in total. The lowest BCUT2D eigenvalue weighted by Gasteiger charge is -2.39. The van der Waals surface area contributed by atoms with Gasteiger partial charge in [0.25, 0.3) is 0 Å². The van der Waals surface area contributed by atoms with Gasteiger partial charge in [-0.1, -0.05) is 12.1 Å². The predicted octanol–water partition coefficient (Wildman–Crippen LogP) is 3.71. The number of amides is 1. The molecule has 1 saturated heterocycles. The average Bonchev–Trinajstić information content (AvgIpc) is 2.53. The predicted molar refractivity (Wildman–Crippen MR) is 115 cm³/mol. The van der Waals surface area contributed by atoms with E-state index in [-0.39, 0.29) is 12.5 Å².